The Kier molecular flexibility index (Phi) is 2.83. The Morgan fingerprint density at radius 3 is 2.84 bits per heavy atom. The van der Waals surface area contributed by atoms with Gasteiger partial charge < -0.3 is 19.0 Å². The maximum absolute atomic E-state index is 10.8. The van der Waals surface area contributed by atoms with Gasteiger partial charge in [0.1, 0.15) is 31.1 Å². The quantitative estimate of drug-likeness (QED) is 0.906. The van der Waals surface area contributed by atoms with E-state index in [1.807, 2.05) is 0 Å². The Morgan fingerprint density at radius 2 is 2.05 bits per heavy atom. The summed E-state index contributed by atoms with van der Waals surface area (Å²) >= 11 is 0. The van der Waals surface area contributed by atoms with E-state index in [-0.39, 0.29) is 6.42 Å². The molecule has 2 heterocycles. The Bertz CT molecular complexity index is 619. The first kappa shape index (κ1) is 11.6. The molecule has 1 aromatic heterocycles. The van der Waals surface area contributed by atoms with E-state index in [9.17, 15) is 4.79 Å². The highest BCUT2D eigenvalue weighted by molar-refractivity contribution is 5.74. The van der Waals surface area contributed by atoms with Crippen molar-refractivity contribution in [2.75, 3.05) is 13.2 Å². The van der Waals surface area contributed by atoms with Crippen molar-refractivity contribution >= 4 is 5.97 Å². The van der Waals surface area contributed by atoms with Gasteiger partial charge in [0.15, 0.2) is 17.9 Å². The first-order valence-corrected chi connectivity index (χ1v) is 5.78. The molecule has 0 aliphatic carbocycles. The Morgan fingerprint density at radius 1 is 1.26 bits per heavy atom. The van der Waals surface area contributed by atoms with Crippen molar-refractivity contribution in [1.29, 1.82) is 0 Å². The molecular formula is C13H11NO5. The molecule has 0 saturated heterocycles. The van der Waals surface area contributed by atoms with E-state index in [2.05, 4.69) is 4.98 Å². The number of aromatic nitrogens is 1. The maximum Gasteiger partial charge on any atom is 0.311 e. The zero-order valence-electron chi connectivity index (χ0n) is 9.96. The van der Waals surface area contributed by atoms with Crippen LogP contribution in [0.5, 0.6) is 11.5 Å². The predicted molar refractivity (Wildman–Crippen MR) is 64.3 cm³/mol. The van der Waals surface area contributed by atoms with Crippen LogP contribution in [-0.2, 0) is 11.2 Å². The second kappa shape index (κ2) is 4.64. The van der Waals surface area contributed by atoms with Crippen LogP contribution < -0.4 is 9.47 Å². The van der Waals surface area contributed by atoms with Gasteiger partial charge in [0, 0.05) is 5.56 Å². The minimum absolute atomic E-state index is 0.205. The molecule has 3 rings (SSSR count). The molecular weight excluding hydrogens is 250 g/mol. The maximum atomic E-state index is 10.8. The Hall–Kier alpha value is -2.50. The molecule has 0 spiro atoms. The van der Waals surface area contributed by atoms with E-state index in [0.717, 1.165) is 5.56 Å². The second-order valence-corrected chi connectivity index (χ2v) is 4.05. The lowest BCUT2D eigenvalue weighted by Crippen LogP contribution is -2.15. The van der Waals surface area contributed by atoms with Crippen LogP contribution in [0.15, 0.2) is 29.0 Å². The highest BCUT2D eigenvalue weighted by Gasteiger charge is 2.17. The summed E-state index contributed by atoms with van der Waals surface area (Å²) < 4.78 is 16.0. The molecule has 0 fully saturated rings. The summed E-state index contributed by atoms with van der Waals surface area (Å²) in [6, 6.07) is 5.36. The third-order valence-corrected chi connectivity index (χ3v) is 2.77. The summed E-state index contributed by atoms with van der Waals surface area (Å²) in [5, 5.41) is 8.82. The molecule has 0 bridgehead atoms. The Balaban J connectivity index is 1.98. The second-order valence-electron chi connectivity index (χ2n) is 4.05. The number of oxazole rings is 1. The van der Waals surface area contributed by atoms with Gasteiger partial charge in [-0.05, 0) is 18.2 Å². The number of fused-ring (bicyclic) bond motifs is 1. The molecule has 1 aromatic carbocycles. The number of nitrogens with zero attached hydrogens (tertiary/aromatic N) is 1. The van der Waals surface area contributed by atoms with E-state index in [1.54, 1.807) is 18.2 Å². The van der Waals surface area contributed by atoms with Crippen molar-refractivity contribution in [3.63, 3.8) is 0 Å². The lowest BCUT2D eigenvalue weighted by molar-refractivity contribution is -0.136. The molecule has 0 saturated carbocycles. The number of rotatable bonds is 3. The van der Waals surface area contributed by atoms with Crippen molar-refractivity contribution in [2.24, 2.45) is 0 Å². The van der Waals surface area contributed by atoms with Gasteiger partial charge in [-0.15, -0.1) is 0 Å². The first-order valence-electron chi connectivity index (χ1n) is 5.78. The fourth-order valence-electron chi connectivity index (χ4n) is 1.96. The summed E-state index contributed by atoms with van der Waals surface area (Å²) in [6.45, 7) is 1.03. The summed E-state index contributed by atoms with van der Waals surface area (Å²) in [6.07, 6.45) is 1.04. The molecule has 0 unspecified atom stereocenters. The summed E-state index contributed by atoms with van der Waals surface area (Å²) in [7, 11) is 0. The van der Waals surface area contributed by atoms with Gasteiger partial charge >= 0.3 is 5.97 Å². The average molecular weight is 261 g/mol. The number of carboxylic acid groups (broad SMARTS) is 1. The standard InChI is InChI=1S/C13H11NO5/c15-12(16)6-11-13(14-7-19-11)8-1-2-9-10(5-8)18-4-3-17-9/h1-2,5,7H,3-4,6H2,(H,15,16). The fourth-order valence-corrected chi connectivity index (χ4v) is 1.96. The van der Waals surface area contributed by atoms with Crippen LogP contribution >= 0.6 is 0 Å². The lowest BCUT2D eigenvalue weighted by atomic mass is 10.1. The number of carboxylic acids is 1. The van der Waals surface area contributed by atoms with Crippen molar-refractivity contribution in [3.05, 3.63) is 30.4 Å². The van der Waals surface area contributed by atoms with E-state index in [4.69, 9.17) is 19.0 Å². The smallest absolute Gasteiger partial charge is 0.311 e. The first-order chi connectivity index (χ1) is 9.24. The fraction of sp³-hybridized carbons (Fsp3) is 0.231. The highest BCUT2D eigenvalue weighted by Crippen LogP contribution is 2.35. The highest BCUT2D eigenvalue weighted by atomic mass is 16.6. The largest absolute Gasteiger partial charge is 0.486 e. The van der Waals surface area contributed by atoms with Crippen LogP contribution in [0.1, 0.15) is 5.76 Å². The number of hydrogen-bond donors (Lipinski definition) is 1. The van der Waals surface area contributed by atoms with E-state index in [1.165, 1.54) is 6.39 Å². The van der Waals surface area contributed by atoms with E-state index in [0.29, 0.717) is 36.2 Å². The zero-order chi connectivity index (χ0) is 13.2. The summed E-state index contributed by atoms with van der Waals surface area (Å²) in [5.74, 6) is 0.672. The van der Waals surface area contributed by atoms with Crippen LogP contribution in [0, 0.1) is 0 Å². The molecule has 0 radical (unpaired) electrons. The SMILES string of the molecule is O=C(O)Cc1ocnc1-c1ccc2c(c1)OCCO2. The lowest BCUT2D eigenvalue weighted by Gasteiger charge is -2.18. The van der Waals surface area contributed by atoms with Gasteiger partial charge in [-0.25, -0.2) is 4.98 Å². The zero-order valence-corrected chi connectivity index (χ0v) is 9.96. The number of aliphatic carboxylic acids is 1. The molecule has 2 aromatic rings. The molecule has 6 heteroatoms. The van der Waals surface area contributed by atoms with Gasteiger partial charge in [-0.1, -0.05) is 0 Å². The van der Waals surface area contributed by atoms with Crippen LogP contribution in [0.4, 0.5) is 0 Å². The molecule has 0 amide bonds. The number of ether oxygens (including phenoxy) is 2. The van der Waals surface area contributed by atoms with Gasteiger partial charge in [-0.2, -0.15) is 0 Å². The Labute approximate surface area is 108 Å². The average Bonchev–Trinajstić information content (AvgIpc) is 2.85. The van der Waals surface area contributed by atoms with E-state index >= 15 is 0 Å². The molecule has 19 heavy (non-hydrogen) atoms. The normalized spacial score (nSPS) is 13.3. The van der Waals surface area contributed by atoms with Crippen LogP contribution in [0.2, 0.25) is 0 Å². The van der Waals surface area contributed by atoms with Gasteiger partial charge in [0.25, 0.3) is 0 Å². The van der Waals surface area contributed by atoms with Gasteiger partial charge in [0.2, 0.25) is 0 Å². The van der Waals surface area contributed by atoms with Crippen molar-refractivity contribution in [2.45, 2.75) is 6.42 Å². The molecule has 1 aliphatic heterocycles. The molecule has 1 aliphatic rings. The number of carbonyl (C=O) groups is 1. The predicted octanol–water partition coefficient (Wildman–Crippen LogP) is 1.74. The molecule has 1 N–H and O–H groups in total. The minimum atomic E-state index is -0.962. The number of benzene rings is 1. The third kappa shape index (κ3) is 2.24. The summed E-state index contributed by atoms with van der Waals surface area (Å²) in [4.78, 5) is 14.8. The van der Waals surface area contributed by atoms with Crippen molar-refractivity contribution in [1.82, 2.24) is 4.98 Å². The molecule has 98 valence electrons. The van der Waals surface area contributed by atoms with Crippen molar-refractivity contribution in [3.8, 4) is 22.8 Å². The molecule has 6 nitrogen and oxygen atoms in total. The number of hydrogen-bond acceptors (Lipinski definition) is 5. The minimum Gasteiger partial charge on any atom is -0.486 e. The van der Waals surface area contributed by atoms with Crippen LogP contribution in [0.25, 0.3) is 11.3 Å². The van der Waals surface area contributed by atoms with Gasteiger partial charge in [-0.3, -0.25) is 4.79 Å². The van der Waals surface area contributed by atoms with E-state index < -0.39 is 5.97 Å². The third-order valence-electron chi connectivity index (χ3n) is 2.77. The molecule has 0 atom stereocenters. The van der Waals surface area contributed by atoms with Crippen LogP contribution in [-0.4, -0.2) is 29.3 Å². The summed E-state index contributed by atoms with van der Waals surface area (Å²) in [5.41, 5.74) is 1.26. The van der Waals surface area contributed by atoms with Gasteiger partial charge in [0.05, 0.1) is 0 Å². The monoisotopic (exact) mass is 261 g/mol. The van der Waals surface area contributed by atoms with Crippen molar-refractivity contribution < 1.29 is 23.8 Å². The van der Waals surface area contributed by atoms with Crippen LogP contribution in [0.3, 0.4) is 0 Å². The topological polar surface area (TPSA) is 81.8 Å².